The number of aryl methyl sites for hydroxylation is 1. The van der Waals surface area contributed by atoms with Gasteiger partial charge in [0.1, 0.15) is 17.5 Å². The molecular formula is C18H16F2N6O2. The average molecular weight is 386 g/mol. The van der Waals surface area contributed by atoms with Gasteiger partial charge in [-0.2, -0.15) is 0 Å². The summed E-state index contributed by atoms with van der Waals surface area (Å²) >= 11 is 0. The van der Waals surface area contributed by atoms with E-state index in [4.69, 9.17) is 4.74 Å². The molecule has 0 spiro atoms. The molecule has 0 aliphatic carbocycles. The third-order valence-corrected chi connectivity index (χ3v) is 4.43. The molecule has 1 atom stereocenters. The van der Waals surface area contributed by atoms with Gasteiger partial charge in [-0.15, -0.1) is 5.10 Å². The zero-order chi connectivity index (χ0) is 19.8. The second kappa shape index (κ2) is 6.97. The maximum atomic E-state index is 14.3. The normalized spacial score (nSPS) is 12.5. The summed E-state index contributed by atoms with van der Waals surface area (Å²) in [5, 5.41) is 18.7. The van der Waals surface area contributed by atoms with Crippen LogP contribution in [0.2, 0.25) is 0 Å². The summed E-state index contributed by atoms with van der Waals surface area (Å²) in [6.07, 6.45) is 5.58. The number of rotatable bonds is 5. The zero-order valence-electron chi connectivity index (χ0n) is 15.0. The molecule has 0 aliphatic rings. The van der Waals surface area contributed by atoms with E-state index in [9.17, 15) is 13.9 Å². The maximum absolute atomic E-state index is 14.3. The lowest BCUT2D eigenvalue weighted by Crippen LogP contribution is -2.11. The van der Waals surface area contributed by atoms with Crippen molar-refractivity contribution in [2.24, 2.45) is 0 Å². The first kappa shape index (κ1) is 18.0. The van der Waals surface area contributed by atoms with Crippen LogP contribution in [0.3, 0.4) is 0 Å². The van der Waals surface area contributed by atoms with Crippen molar-refractivity contribution in [1.82, 2.24) is 29.4 Å². The Bertz CT molecular complexity index is 1160. The van der Waals surface area contributed by atoms with Crippen LogP contribution in [0.1, 0.15) is 30.1 Å². The first-order valence-corrected chi connectivity index (χ1v) is 8.47. The summed E-state index contributed by atoms with van der Waals surface area (Å²) < 4.78 is 35.8. The quantitative estimate of drug-likeness (QED) is 0.566. The van der Waals surface area contributed by atoms with Gasteiger partial charge >= 0.3 is 0 Å². The molecule has 4 aromatic rings. The van der Waals surface area contributed by atoms with Crippen molar-refractivity contribution in [1.29, 1.82) is 0 Å². The van der Waals surface area contributed by atoms with E-state index in [0.717, 1.165) is 16.8 Å². The van der Waals surface area contributed by atoms with Gasteiger partial charge in [0.2, 0.25) is 0 Å². The fraction of sp³-hybridized carbons (Fsp3) is 0.222. The highest BCUT2D eigenvalue weighted by atomic mass is 19.1. The van der Waals surface area contributed by atoms with Gasteiger partial charge in [-0.25, -0.2) is 18.4 Å². The Morgan fingerprint density at radius 3 is 2.79 bits per heavy atom. The lowest BCUT2D eigenvalue weighted by Gasteiger charge is -2.14. The number of imidazole rings is 1. The van der Waals surface area contributed by atoms with E-state index < -0.39 is 17.7 Å². The number of halogens is 2. The molecule has 1 N–H and O–H groups in total. The van der Waals surface area contributed by atoms with Crippen LogP contribution in [0.25, 0.3) is 11.2 Å². The van der Waals surface area contributed by atoms with Gasteiger partial charge < -0.3 is 9.84 Å². The molecule has 0 amide bonds. The van der Waals surface area contributed by atoms with E-state index in [1.165, 1.54) is 13.3 Å². The molecule has 4 rings (SSSR count). The Morgan fingerprint density at radius 2 is 2.04 bits per heavy atom. The van der Waals surface area contributed by atoms with E-state index in [1.54, 1.807) is 23.1 Å². The molecule has 0 unspecified atom stereocenters. The SMILES string of the molecule is CCc1ncc2cncn2c1[C@@H](O)c1cn(-c2cc(F)c(OC)cc2F)nn1. The van der Waals surface area contributed by atoms with Crippen LogP contribution in [0.4, 0.5) is 8.78 Å². The fourth-order valence-corrected chi connectivity index (χ4v) is 3.02. The molecule has 0 fully saturated rings. The molecule has 8 nitrogen and oxygen atoms in total. The summed E-state index contributed by atoms with van der Waals surface area (Å²) in [6, 6.07) is 1.88. The zero-order valence-corrected chi connectivity index (χ0v) is 15.0. The number of aliphatic hydroxyl groups is 1. The van der Waals surface area contributed by atoms with Crippen molar-refractivity contribution in [2.45, 2.75) is 19.4 Å². The van der Waals surface area contributed by atoms with E-state index in [1.807, 2.05) is 6.92 Å². The van der Waals surface area contributed by atoms with Gasteiger partial charge in [0.15, 0.2) is 17.4 Å². The maximum Gasteiger partial charge on any atom is 0.167 e. The minimum Gasteiger partial charge on any atom is -0.494 e. The van der Waals surface area contributed by atoms with Crippen LogP contribution in [0.15, 0.2) is 37.1 Å². The lowest BCUT2D eigenvalue weighted by atomic mass is 10.1. The van der Waals surface area contributed by atoms with Crippen molar-refractivity contribution in [3.63, 3.8) is 0 Å². The Hall–Kier alpha value is -3.40. The van der Waals surface area contributed by atoms with E-state index in [-0.39, 0.29) is 17.1 Å². The summed E-state index contributed by atoms with van der Waals surface area (Å²) in [4.78, 5) is 8.43. The van der Waals surface area contributed by atoms with Crippen LogP contribution in [0, 0.1) is 11.6 Å². The van der Waals surface area contributed by atoms with Gasteiger partial charge in [0, 0.05) is 12.1 Å². The van der Waals surface area contributed by atoms with Crippen molar-refractivity contribution in [3.8, 4) is 11.4 Å². The van der Waals surface area contributed by atoms with Crippen LogP contribution in [-0.4, -0.2) is 41.6 Å². The van der Waals surface area contributed by atoms with E-state index >= 15 is 0 Å². The molecule has 10 heteroatoms. The molecule has 3 aromatic heterocycles. The first-order chi connectivity index (χ1) is 13.5. The van der Waals surface area contributed by atoms with Crippen molar-refractivity contribution in [3.05, 3.63) is 65.8 Å². The average Bonchev–Trinajstić information content (AvgIpc) is 3.37. The van der Waals surface area contributed by atoms with Gasteiger partial charge in [0.05, 0.1) is 48.9 Å². The Kier molecular flexibility index (Phi) is 4.47. The van der Waals surface area contributed by atoms with Crippen LogP contribution < -0.4 is 4.74 Å². The second-order valence-corrected chi connectivity index (χ2v) is 6.06. The molecule has 0 saturated carbocycles. The Balaban J connectivity index is 1.77. The van der Waals surface area contributed by atoms with Crippen molar-refractivity contribution >= 4 is 5.52 Å². The van der Waals surface area contributed by atoms with Gasteiger partial charge in [-0.3, -0.25) is 9.38 Å². The number of aliphatic hydroxyl groups excluding tert-OH is 1. The molecular weight excluding hydrogens is 370 g/mol. The minimum atomic E-state index is -1.18. The summed E-state index contributed by atoms with van der Waals surface area (Å²) in [7, 11) is 1.25. The van der Waals surface area contributed by atoms with Crippen LogP contribution >= 0.6 is 0 Å². The summed E-state index contributed by atoms with van der Waals surface area (Å²) in [5.41, 5.74) is 1.87. The van der Waals surface area contributed by atoms with E-state index in [0.29, 0.717) is 23.3 Å². The minimum absolute atomic E-state index is 0.154. The first-order valence-electron chi connectivity index (χ1n) is 8.47. The molecule has 1 aromatic carbocycles. The van der Waals surface area contributed by atoms with Gasteiger partial charge in [-0.1, -0.05) is 12.1 Å². The third-order valence-electron chi connectivity index (χ3n) is 4.43. The number of fused-ring (bicyclic) bond motifs is 1. The van der Waals surface area contributed by atoms with Crippen molar-refractivity contribution < 1.29 is 18.6 Å². The standard InChI is InChI=1S/C18H16F2N6O2/c1-3-13-17(25-9-21-6-10(25)7-22-13)18(27)14-8-26(24-23-14)15-4-12(20)16(28-2)5-11(15)19/h4-9,18,27H,3H2,1-2H3/t18-/m0/s1. The molecule has 0 bridgehead atoms. The predicted octanol–water partition coefficient (Wildman–Crippen LogP) is 2.24. The Morgan fingerprint density at radius 1 is 1.21 bits per heavy atom. The fourth-order valence-electron chi connectivity index (χ4n) is 3.02. The highest BCUT2D eigenvalue weighted by molar-refractivity contribution is 5.46. The second-order valence-electron chi connectivity index (χ2n) is 6.06. The van der Waals surface area contributed by atoms with Crippen LogP contribution in [0.5, 0.6) is 5.75 Å². The smallest absolute Gasteiger partial charge is 0.167 e. The number of methoxy groups -OCH3 is 1. The highest BCUT2D eigenvalue weighted by Gasteiger charge is 2.23. The molecule has 144 valence electrons. The lowest BCUT2D eigenvalue weighted by molar-refractivity contribution is 0.207. The predicted molar refractivity (Wildman–Crippen MR) is 94.3 cm³/mol. The number of hydrogen-bond acceptors (Lipinski definition) is 6. The number of benzene rings is 1. The number of hydrogen-bond donors (Lipinski definition) is 1. The molecule has 0 radical (unpaired) electrons. The van der Waals surface area contributed by atoms with Crippen molar-refractivity contribution in [2.75, 3.05) is 7.11 Å². The number of nitrogens with zero attached hydrogens (tertiary/aromatic N) is 6. The number of ether oxygens (including phenoxy) is 1. The monoisotopic (exact) mass is 386 g/mol. The molecule has 3 heterocycles. The van der Waals surface area contributed by atoms with Gasteiger partial charge in [0.25, 0.3) is 0 Å². The number of aromatic nitrogens is 6. The molecule has 0 aliphatic heterocycles. The third kappa shape index (κ3) is 2.87. The Labute approximate surface area is 158 Å². The van der Waals surface area contributed by atoms with E-state index in [2.05, 4.69) is 20.3 Å². The topological polar surface area (TPSA) is 90.4 Å². The highest BCUT2D eigenvalue weighted by Crippen LogP contribution is 2.27. The summed E-state index contributed by atoms with van der Waals surface area (Å²) in [6.45, 7) is 1.91. The van der Waals surface area contributed by atoms with Crippen LogP contribution in [-0.2, 0) is 6.42 Å². The largest absolute Gasteiger partial charge is 0.494 e. The summed E-state index contributed by atoms with van der Waals surface area (Å²) in [5.74, 6) is -1.69. The molecule has 28 heavy (non-hydrogen) atoms. The molecule has 0 saturated heterocycles. The van der Waals surface area contributed by atoms with Gasteiger partial charge in [-0.05, 0) is 6.42 Å².